The molecule has 0 heterocycles. The number of hydrogen-bond acceptors (Lipinski definition) is 0. The Kier molecular flexibility index (Phi) is 8.45. The Bertz CT molecular complexity index is 1290. The summed E-state index contributed by atoms with van der Waals surface area (Å²) < 4.78 is 5.03. The van der Waals surface area contributed by atoms with Gasteiger partial charge in [0.15, 0.2) is 0 Å². The maximum Gasteiger partial charge on any atom is -0.147 e. The van der Waals surface area contributed by atoms with Crippen molar-refractivity contribution in [1.29, 1.82) is 0 Å². The number of halogens is 2. The van der Waals surface area contributed by atoms with Gasteiger partial charge in [-0.2, -0.15) is 0 Å². The van der Waals surface area contributed by atoms with E-state index in [1.807, 2.05) is 0 Å². The number of hydrogen-bond donors (Lipinski definition) is 0. The van der Waals surface area contributed by atoms with Crippen LogP contribution in [-0.2, 0) is 27.7 Å². The van der Waals surface area contributed by atoms with Crippen LogP contribution >= 0.6 is 24.8 Å². The molecule has 2 aliphatic carbocycles. The van der Waals surface area contributed by atoms with Crippen LogP contribution in [0.1, 0.15) is 51.3 Å². The quantitative estimate of drug-likeness (QED) is 0.234. The molecule has 0 fully saturated rings. The molecule has 0 aromatic heterocycles. The van der Waals surface area contributed by atoms with Crippen molar-refractivity contribution in [3.8, 4) is 11.1 Å². The third-order valence-electron chi connectivity index (χ3n) is 7.09. The van der Waals surface area contributed by atoms with Gasteiger partial charge in [0.1, 0.15) is 0 Å². The molecule has 176 valence electrons. The van der Waals surface area contributed by atoms with E-state index in [4.69, 9.17) is 0 Å². The van der Waals surface area contributed by atoms with Gasteiger partial charge in [-0.05, 0) is 0 Å². The normalized spacial score (nSPS) is 16.9. The maximum absolute atomic E-state index is 2.59. The van der Waals surface area contributed by atoms with Crippen LogP contribution in [-0.4, -0.2) is 3.21 Å². The third-order valence-corrected chi connectivity index (χ3v) is 15.0. The summed E-state index contributed by atoms with van der Waals surface area (Å²) in [5.74, 6) is 0.525. The Morgan fingerprint density at radius 2 is 1.47 bits per heavy atom. The largest absolute Gasteiger partial charge is 0.147 e. The molecule has 0 saturated carbocycles. The second kappa shape index (κ2) is 10.6. The summed E-state index contributed by atoms with van der Waals surface area (Å²) in [6, 6.07) is 27.2. The summed E-state index contributed by atoms with van der Waals surface area (Å²) >= 11 is -2.36. The third kappa shape index (κ3) is 4.90. The Balaban J connectivity index is 0.00000162. The zero-order valence-electron chi connectivity index (χ0n) is 20.7. The van der Waals surface area contributed by atoms with Gasteiger partial charge in [0.25, 0.3) is 0 Å². The fourth-order valence-electron chi connectivity index (χ4n) is 5.27. The maximum atomic E-state index is 2.59. The molecule has 3 heteroatoms. The fraction of sp³-hybridized carbons (Fsp3) is 0.258. The van der Waals surface area contributed by atoms with Crippen LogP contribution in [0.5, 0.6) is 0 Å². The van der Waals surface area contributed by atoms with Crippen molar-refractivity contribution in [1.82, 2.24) is 0 Å². The smallest absolute Gasteiger partial charge is 0.147 e. The van der Waals surface area contributed by atoms with Gasteiger partial charge in [-0.1, -0.05) is 0 Å². The first-order valence-electron chi connectivity index (χ1n) is 11.8. The second-order valence-corrected chi connectivity index (χ2v) is 16.7. The molecule has 34 heavy (non-hydrogen) atoms. The van der Waals surface area contributed by atoms with Gasteiger partial charge < -0.3 is 0 Å². The number of fused-ring (bicyclic) bond motifs is 3. The molecule has 0 bridgehead atoms. The van der Waals surface area contributed by atoms with Gasteiger partial charge in [-0.25, -0.2) is 0 Å². The Morgan fingerprint density at radius 3 is 2.15 bits per heavy atom. The van der Waals surface area contributed by atoms with Gasteiger partial charge in [-0.3, -0.25) is 0 Å². The van der Waals surface area contributed by atoms with Crippen molar-refractivity contribution in [2.24, 2.45) is 11.3 Å². The molecular weight excluding hydrogens is 534 g/mol. The summed E-state index contributed by atoms with van der Waals surface area (Å²) in [7, 11) is 0. The van der Waals surface area contributed by atoms with Crippen LogP contribution in [0.4, 0.5) is 0 Å². The number of allylic oxidation sites excluding steroid dienone is 4. The van der Waals surface area contributed by atoms with E-state index in [1.54, 1.807) is 15.3 Å². The predicted octanol–water partition coefficient (Wildman–Crippen LogP) is 8.09. The number of benzene rings is 3. The molecule has 0 radical (unpaired) electrons. The Labute approximate surface area is 225 Å². The Hall–Kier alpha value is -1.53. The summed E-state index contributed by atoms with van der Waals surface area (Å²) in [4.78, 5) is 0. The van der Waals surface area contributed by atoms with E-state index < -0.39 is 21.3 Å². The van der Waals surface area contributed by atoms with E-state index in [-0.39, 0.29) is 30.2 Å². The first-order valence-corrected chi connectivity index (χ1v) is 15.4. The monoisotopic (exact) mass is 566 g/mol. The van der Waals surface area contributed by atoms with E-state index in [1.165, 1.54) is 27.8 Å². The van der Waals surface area contributed by atoms with E-state index in [9.17, 15) is 0 Å². The summed E-state index contributed by atoms with van der Waals surface area (Å²) in [6.07, 6.45) is 6.20. The minimum absolute atomic E-state index is 0. The molecule has 2 aliphatic rings. The van der Waals surface area contributed by atoms with Gasteiger partial charge >= 0.3 is 202 Å². The minimum Gasteiger partial charge on any atom is -0.147 e. The Morgan fingerprint density at radius 1 is 0.824 bits per heavy atom. The summed E-state index contributed by atoms with van der Waals surface area (Å²) in [5.41, 5.74) is 9.10. The molecule has 0 nitrogen and oxygen atoms in total. The van der Waals surface area contributed by atoms with Crippen LogP contribution in [0.15, 0.2) is 93.8 Å². The zero-order chi connectivity index (χ0) is 22.5. The molecule has 3 aromatic rings. The van der Waals surface area contributed by atoms with Crippen molar-refractivity contribution in [2.45, 2.75) is 41.0 Å². The van der Waals surface area contributed by atoms with Crippen LogP contribution in [0, 0.1) is 11.3 Å². The van der Waals surface area contributed by atoms with E-state index in [0.717, 1.165) is 6.42 Å². The van der Waals surface area contributed by atoms with Crippen molar-refractivity contribution in [2.75, 3.05) is 0 Å². The first-order chi connectivity index (χ1) is 15.3. The topological polar surface area (TPSA) is 0 Å². The SMILES string of the molecule is C/[C](c1ccccc1)=[Zr](\[C]1=CC(C(C)(C)C)=CC1C)[c]1cccc2c1Cc1ccccc1-2.Cl.Cl. The van der Waals surface area contributed by atoms with Crippen LogP contribution in [0.25, 0.3) is 11.1 Å². The zero-order valence-corrected chi connectivity index (χ0v) is 24.8. The first kappa shape index (κ1) is 27.1. The van der Waals surface area contributed by atoms with Crippen molar-refractivity contribution in [3.63, 3.8) is 0 Å². The van der Waals surface area contributed by atoms with Crippen molar-refractivity contribution in [3.05, 3.63) is 110 Å². The molecule has 0 spiro atoms. The van der Waals surface area contributed by atoms with Gasteiger partial charge in [-0.15, -0.1) is 24.8 Å². The molecule has 0 N–H and O–H groups in total. The van der Waals surface area contributed by atoms with Crippen LogP contribution in [0.3, 0.4) is 0 Å². The van der Waals surface area contributed by atoms with Gasteiger partial charge in [0.2, 0.25) is 0 Å². The van der Waals surface area contributed by atoms with Gasteiger partial charge in [0, 0.05) is 0 Å². The molecule has 5 rings (SSSR count). The second-order valence-electron chi connectivity index (χ2n) is 10.3. The molecular formula is C31H34Cl2Zr. The van der Waals surface area contributed by atoms with Crippen LogP contribution in [0.2, 0.25) is 0 Å². The van der Waals surface area contributed by atoms with E-state index >= 15 is 0 Å². The molecule has 0 aliphatic heterocycles. The molecule has 3 aromatic carbocycles. The van der Waals surface area contributed by atoms with Crippen molar-refractivity contribution < 1.29 is 21.3 Å². The van der Waals surface area contributed by atoms with Crippen molar-refractivity contribution >= 4 is 31.3 Å². The van der Waals surface area contributed by atoms with E-state index in [2.05, 4.69) is 120 Å². The molecule has 1 unspecified atom stereocenters. The molecule has 0 amide bonds. The summed E-state index contributed by atoms with van der Waals surface area (Å²) in [6.45, 7) is 11.9. The van der Waals surface area contributed by atoms with Gasteiger partial charge in [0.05, 0.1) is 0 Å². The standard InChI is InChI=1S/C13H9.C10H15.C8H8.2ClH.Zr/c1-3-7-12-10(5-1)9-11-6-2-4-8-13(11)12;1-8-5-6-9(7-8)10(2,3)4;1-2-8-6-4-3-5-7-8;;;/h1-5,7-8H,9H2;6-8H,1-4H3;3-7H,1H3;2*1H;. The minimum atomic E-state index is -2.36. The molecule has 0 saturated heterocycles. The average Bonchev–Trinajstić information content (AvgIpc) is 3.36. The average molecular weight is 569 g/mol. The van der Waals surface area contributed by atoms with E-state index in [0.29, 0.717) is 5.92 Å². The van der Waals surface area contributed by atoms with Crippen LogP contribution < -0.4 is 3.27 Å². The predicted molar refractivity (Wildman–Crippen MR) is 150 cm³/mol. The summed E-state index contributed by atoms with van der Waals surface area (Å²) in [5, 5.41) is 0. The fourth-order valence-corrected chi connectivity index (χ4v) is 13.2. The number of rotatable bonds is 3. The molecule has 1 atom stereocenters.